The van der Waals surface area contributed by atoms with E-state index < -0.39 is 8.85 Å². The summed E-state index contributed by atoms with van der Waals surface area (Å²) in [7, 11) is 0. The Morgan fingerprint density at radius 1 is 1.44 bits per heavy atom. The van der Waals surface area contributed by atoms with Crippen LogP contribution in [0.3, 0.4) is 0 Å². The summed E-state index contributed by atoms with van der Waals surface area (Å²) in [4.78, 5) is 20.7. The van der Waals surface area contributed by atoms with Crippen molar-refractivity contribution in [1.82, 2.24) is 0 Å². The van der Waals surface area contributed by atoms with Crippen LogP contribution in [0.4, 0.5) is 5.69 Å². The summed E-state index contributed by atoms with van der Waals surface area (Å²) < 4.78 is -0.747. The molecule has 0 saturated carbocycles. The van der Waals surface area contributed by atoms with Crippen LogP contribution < -0.4 is 5.32 Å². The lowest BCUT2D eigenvalue weighted by atomic mass is 10.3. The van der Waals surface area contributed by atoms with E-state index in [1.54, 1.807) is 52.9 Å². The standard InChI is InChI=1S/C10H7IN2O3/c11-9(6-7-13(15)16)10(14)12-8-4-2-1-3-5-8/h1-5,9H,(H,12,14). The third-order valence-electron chi connectivity index (χ3n) is 1.55. The first-order valence-corrected chi connectivity index (χ1v) is 5.49. The molecule has 1 rings (SSSR count). The number of rotatable bonds is 2. The van der Waals surface area contributed by atoms with Crippen molar-refractivity contribution >= 4 is 34.2 Å². The van der Waals surface area contributed by atoms with Crippen LogP contribution in [0.2, 0.25) is 0 Å². The van der Waals surface area contributed by atoms with Crippen LogP contribution in [0.25, 0.3) is 0 Å². The molecule has 0 aromatic heterocycles. The molecule has 0 saturated heterocycles. The highest BCUT2D eigenvalue weighted by atomic mass is 127. The first kappa shape index (κ1) is 12.4. The molecule has 1 unspecified atom stereocenters. The minimum atomic E-state index is -0.776. The van der Waals surface area contributed by atoms with Crippen molar-refractivity contribution in [2.24, 2.45) is 0 Å². The molecule has 0 aliphatic heterocycles. The third-order valence-corrected chi connectivity index (χ3v) is 2.43. The summed E-state index contributed by atoms with van der Waals surface area (Å²) in [5.74, 6) is 1.85. The Morgan fingerprint density at radius 3 is 2.62 bits per heavy atom. The van der Waals surface area contributed by atoms with Crippen LogP contribution in [-0.2, 0) is 4.79 Å². The van der Waals surface area contributed by atoms with Crippen molar-refractivity contribution in [2.75, 3.05) is 5.32 Å². The number of carbonyl (C=O) groups is 1. The zero-order valence-corrected chi connectivity index (χ0v) is 10.2. The number of benzene rings is 1. The predicted molar refractivity (Wildman–Crippen MR) is 67.7 cm³/mol. The van der Waals surface area contributed by atoms with Gasteiger partial charge < -0.3 is 5.32 Å². The van der Waals surface area contributed by atoms with Gasteiger partial charge in [-0.05, 0) is 12.1 Å². The van der Waals surface area contributed by atoms with E-state index in [1.807, 2.05) is 6.07 Å². The number of halogens is 1. The van der Waals surface area contributed by atoms with Gasteiger partial charge in [0.05, 0.1) is 0 Å². The van der Waals surface area contributed by atoms with Gasteiger partial charge in [-0.3, -0.25) is 4.79 Å². The van der Waals surface area contributed by atoms with Gasteiger partial charge in [-0.1, -0.05) is 40.8 Å². The molecule has 1 atom stereocenters. The van der Waals surface area contributed by atoms with E-state index in [-0.39, 0.29) is 5.91 Å². The average Bonchev–Trinajstić information content (AvgIpc) is 2.27. The number of nitro groups is 1. The highest BCUT2D eigenvalue weighted by Crippen LogP contribution is 2.08. The molecule has 0 aliphatic rings. The van der Waals surface area contributed by atoms with Crippen molar-refractivity contribution in [1.29, 1.82) is 0 Å². The van der Waals surface area contributed by atoms with E-state index in [0.717, 1.165) is 0 Å². The fourth-order valence-electron chi connectivity index (χ4n) is 0.902. The Balaban J connectivity index is 2.60. The zero-order chi connectivity index (χ0) is 12.0. The number of anilines is 1. The Kier molecular flexibility index (Phi) is 4.72. The lowest BCUT2D eigenvalue weighted by molar-refractivity contribution is -0.379. The van der Waals surface area contributed by atoms with E-state index >= 15 is 0 Å². The van der Waals surface area contributed by atoms with E-state index in [4.69, 9.17) is 0 Å². The molecule has 0 aliphatic carbocycles. The summed E-state index contributed by atoms with van der Waals surface area (Å²) in [5, 5.41) is 12.6. The molecular formula is C10H7IN2O3. The molecule has 0 fully saturated rings. The number of nitrogens with zero attached hydrogens (tertiary/aromatic N) is 1. The second kappa shape index (κ2) is 6.07. The van der Waals surface area contributed by atoms with Gasteiger partial charge in [0.1, 0.15) is 4.92 Å². The fraction of sp³-hybridized carbons (Fsp3) is 0.100. The molecule has 82 valence electrons. The number of hydrogen-bond donors (Lipinski definition) is 1. The molecule has 5 nitrogen and oxygen atoms in total. The normalized spacial score (nSPS) is 10.8. The van der Waals surface area contributed by atoms with Crippen molar-refractivity contribution in [2.45, 2.75) is 3.92 Å². The maximum Gasteiger partial charge on any atom is 0.292 e. The van der Waals surface area contributed by atoms with Gasteiger partial charge in [-0.25, -0.2) is 10.1 Å². The highest BCUT2D eigenvalue weighted by molar-refractivity contribution is 14.1. The lowest BCUT2D eigenvalue weighted by Crippen LogP contribution is -2.21. The summed E-state index contributed by atoms with van der Waals surface area (Å²) >= 11 is 1.74. The van der Waals surface area contributed by atoms with E-state index in [9.17, 15) is 14.9 Å². The Bertz CT molecular complexity index is 450. The summed E-state index contributed by atoms with van der Waals surface area (Å²) in [5.41, 5.74) is 0.636. The van der Waals surface area contributed by atoms with Crippen LogP contribution in [0.15, 0.2) is 30.3 Å². The first-order valence-electron chi connectivity index (χ1n) is 4.25. The molecule has 0 spiro atoms. The van der Waals surface area contributed by atoms with Gasteiger partial charge in [0.25, 0.3) is 6.04 Å². The van der Waals surface area contributed by atoms with Gasteiger partial charge in [0.2, 0.25) is 5.91 Å². The van der Waals surface area contributed by atoms with Gasteiger partial charge >= 0.3 is 0 Å². The average molecular weight is 330 g/mol. The van der Waals surface area contributed by atoms with Gasteiger partial charge in [0, 0.05) is 11.6 Å². The third kappa shape index (κ3) is 4.27. The van der Waals surface area contributed by atoms with Crippen LogP contribution >= 0.6 is 22.6 Å². The van der Waals surface area contributed by atoms with E-state index in [2.05, 4.69) is 11.2 Å². The molecule has 16 heavy (non-hydrogen) atoms. The Labute approximate surface area is 106 Å². The van der Waals surface area contributed by atoms with Gasteiger partial charge in [-0.2, -0.15) is 0 Å². The number of alkyl halides is 1. The summed E-state index contributed by atoms with van der Waals surface area (Å²) in [6.07, 6.45) is 0. The first-order chi connectivity index (χ1) is 7.59. The second-order valence-corrected chi connectivity index (χ2v) is 3.98. The molecule has 1 amide bonds. The summed E-state index contributed by atoms with van der Waals surface area (Å²) in [6.45, 7) is 0. The molecule has 0 radical (unpaired) electrons. The van der Waals surface area contributed by atoms with Gasteiger partial charge in [-0.15, -0.1) is 0 Å². The largest absolute Gasteiger partial charge is 0.324 e. The van der Waals surface area contributed by atoms with E-state index in [0.29, 0.717) is 5.69 Å². The molecule has 1 aromatic rings. The smallest absolute Gasteiger partial charge is 0.292 e. The van der Waals surface area contributed by atoms with Gasteiger partial charge in [0.15, 0.2) is 3.92 Å². The maximum atomic E-state index is 11.5. The monoisotopic (exact) mass is 330 g/mol. The molecule has 6 heteroatoms. The number of amides is 1. The van der Waals surface area contributed by atoms with E-state index in [1.165, 1.54) is 0 Å². The van der Waals surface area contributed by atoms with Crippen molar-refractivity contribution in [3.63, 3.8) is 0 Å². The molecule has 0 bridgehead atoms. The minimum Gasteiger partial charge on any atom is -0.324 e. The SMILES string of the molecule is O=C(Nc1ccccc1)C(I)C#C[N+](=O)[O-]. The van der Waals surface area contributed by atoms with Crippen molar-refractivity contribution < 1.29 is 9.72 Å². The fourth-order valence-corrected chi connectivity index (χ4v) is 1.20. The zero-order valence-electron chi connectivity index (χ0n) is 8.01. The van der Waals surface area contributed by atoms with Crippen molar-refractivity contribution in [3.05, 3.63) is 40.4 Å². The number of carbonyl (C=O) groups excluding carboxylic acids is 1. The maximum absolute atomic E-state index is 11.5. The predicted octanol–water partition coefficient (Wildman–Crippen LogP) is 1.67. The number of para-hydroxylation sites is 1. The Hall–Kier alpha value is -1.62. The molecule has 0 heterocycles. The van der Waals surface area contributed by atoms with Crippen LogP contribution in [-0.4, -0.2) is 14.8 Å². The molecule has 1 N–H and O–H groups in total. The minimum absolute atomic E-state index is 0.374. The number of hydrogen-bond acceptors (Lipinski definition) is 3. The lowest BCUT2D eigenvalue weighted by Gasteiger charge is -2.04. The van der Waals surface area contributed by atoms with Crippen LogP contribution in [0.5, 0.6) is 0 Å². The number of nitrogens with one attached hydrogen (secondary N) is 1. The Morgan fingerprint density at radius 2 is 2.06 bits per heavy atom. The summed E-state index contributed by atoms with van der Waals surface area (Å²) in [6, 6.07) is 10.5. The molecular weight excluding hydrogens is 323 g/mol. The quantitative estimate of drug-likeness (QED) is 0.224. The topological polar surface area (TPSA) is 72.2 Å². The highest BCUT2D eigenvalue weighted by Gasteiger charge is 2.12. The van der Waals surface area contributed by atoms with Crippen molar-refractivity contribution in [3.8, 4) is 12.0 Å². The molecule has 1 aromatic carbocycles. The van der Waals surface area contributed by atoms with Crippen LogP contribution in [0, 0.1) is 22.1 Å². The second-order valence-electron chi connectivity index (χ2n) is 2.73. The van der Waals surface area contributed by atoms with Crippen LogP contribution in [0.1, 0.15) is 0 Å².